The van der Waals surface area contributed by atoms with Crippen molar-refractivity contribution >= 4 is 20.9 Å². The summed E-state index contributed by atoms with van der Waals surface area (Å²) in [6, 6.07) is 5.23. The highest BCUT2D eigenvalue weighted by Crippen LogP contribution is 2.27. The van der Waals surface area contributed by atoms with Gasteiger partial charge in [-0.25, -0.2) is 13.4 Å². The molecule has 0 aliphatic rings. The summed E-state index contributed by atoms with van der Waals surface area (Å²) < 4.78 is 25.5. The van der Waals surface area contributed by atoms with Crippen molar-refractivity contribution < 1.29 is 8.42 Å². The number of rotatable bonds is 4. The molecule has 2 aromatic rings. The van der Waals surface area contributed by atoms with Crippen LogP contribution in [-0.4, -0.2) is 30.8 Å². The Morgan fingerprint density at radius 1 is 1.42 bits per heavy atom. The number of para-hydroxylation sites is 1. The highest BCUT2D eigenvalue weighted by atomic mass is 32.2. The number of sulfone groups is 1. The molecule has 1 aromatic carbocycles. The van der Waals surface area contributed by atoms with Crippen molar-refractivity contribution in [3.05, 3.63) is 24.0 Å². The first-order chi connectivity index (χ1) is 8.86. The molecule has 0 amide bonds. The van der Waals surface area contributed by atoms with Crippen LogP contribution in [0.2, 0.25) is 0 Å². The number of imidazole rings is 1. The molecular formula is C13H19N3O2S. The fraction of sp³-hybridized carbons (Fsp3) is 0.462. The van der Waals surface area contributed by atoms with E-state index in [1.165, 1.54) is 6.26 Å². The van der Waals surface area contributed by atoms with E-state index in [0.717, 1.165) is 17.8 Å². The first-order valence-electron chi connectivity index (χ1n) is 6.21. The molecule has 1 unspecified atom stereocenters. The fourth-order valence-corrected chi connectivity index (χ4v) is 3.15. The zero-order valence-corrected chi connectivity index (χ0v) is 12.2. The first-order valence-corrected chi connectivity index (χ1v) is 8.11. The van der Waals surface area contributed by atoms with Gasteiger partial charge >= 0.3 is 0 Å². The minimum Gasteiger partial charge on any atom is -0.331 e. The van der Waals surface area contributed by atoms with Crippen LogP contribution in [0.4, 0.5) is 0 Å². The molecule has 2 N–H and O–H groups in total. The van der Waals surface area contributed by atoms with Gasteiger partial charge in [0.15, 0.2) is 9.84 Å². The van der Waals surface area contributed by atoms with E-state index in [-0.39, 0.29) is 10.8 Å². The normalized spacial score (nSPS) is 13.9. The minimum atomic E-state index is -3.27. The Labute approximate surface area is 113 Å². The van der Waals surface area contributed by atoms with Crippen molar-refractivity contribution in [1.82, 2.24) is 9.55 Å². The van der Waals surface area contributed by atoms with Crippen LogP contribution in [0.5, 0.6) is 0 Å². The van der Waals surface area contributed by atoms with Crippen LogP contribution in [0.1, 0.15) is 25.1 Å². The monoisotopic (exact) mass is 281 g/mol. The lowest BCUT2D eigenvalue weighted by atomic mass is 10.1. The van der Waals surface area contributed by atoms with E-state index >= 15 is 0 Å². The molecule has 19 heavy (non-hydrogen) atoms. The highest BCUT2D eigenvalue weighted by molar-refractivity contribution is 7.91. The third kappa shape index (κ3) is 2.50. The quantitative estimate of drug-likeness (QED) is 0.919. The van der Waals surface area contributed by atoms with Crippen molar-refractivity contribution in [3.8, 4) is 0 Å². The van der Waals surface area contributed by atoms with Crippen LogP contribution >= 0.6 is 0 Å². The second-order valence-corrected chi connectivity index (χ2v) is 6.89. The molecule has 1 aromatic heterocycles. The summed E-state index contributed by atoms with van der Waals surface area (Å²) >= 11 is 0. The molecule has 0 saturated carbocycles. The van der Waals surface area contributed by atoms with Crippen LogP contribution in [-0.2, 0) is 16.9 Å². The molecule has 2 rings (SSSR count). The van der Waals surface area contributed by atoms with Gasteiger partial charge in [-0.15, -0.1) is 0 Å². The molecule has 6 heteroatoms. The lowest BCUT2D eigenvalue weighted by molar-refractivity contribution is 0.602. The van der Waals surface area contributed by atoms with Gasteiger partial charge in [0.25, 0.3) is 0 Å². The molecule has 5 nitrogen and oxygen atoms in total. The number of nitrogens with zero attached hydrogens (tertiary/aromatic N) is 2. The molecule has 0 bridgehead atoms. The second kappa shape index (κ2) is 4.94. The SMILES string of the molecule is CC(CCN)c1nc2c(S(C)(=O)=O)cccc2n1C. The van der Waals surface area contributed by atoms with Gasteiger partial charge in [0, 0.05) is 19.2 Å². The van der Waals surface area contributed by atoms with Gasteiger partial charge in [0.1, 0.15) is 11.3 Å². The summed E-state index contributed by atoms with van der Waals surface area (Å²) in [5, 5.41) is 0. The summed E-state index contributed by atoms with van der Waals surface area (Å²) in [4.78, 5) is 4.81. The topological polar surface area (TPSA) is 78.0 Å². The molecule has 0 saturated heterocycles. The lowest BCUT2D eigenvalue weighted by Crippen LogP contribution is -2.08. The molecule has 0 radical (unpaired) electrons. The average Bonchev–Trinajstić information content (AvgIpc) is 2.66. The molecule has 104 valence electrons. The van der Waals surface area contributed by atoms with E-state index in [2.05, 4.69) is 4.98 Å². The number of hydrogen-bond donors (Lipinski definition) is 1. The van der Waals surface area contributed by atoms with Gasteiger partial charge in [-0.05, 0) is 25.1 Å². The Morgan fingerprint density at radius 2 is 2.11 bits per heavy atom. The molecule has 0 fully saturated rings. The standard InChI is InChI=1S/C13H19N3O2S/c1-9(7-8-14)13-15-12-10(16(13)2)5-4-6-11(12)19(3,17)18/h4-6,9H,7-8,14H2,1-3H3. The van der Waals surface area contributed by atoms with E-state index in [1.807, 2.05) is 24.6 Å². The first kappa shape index (κ1) is 14.0. The van der Waals surface area contributed by atoms with E-state index < -0.39 is 9.84 Å². The third-order valence-electron chi connectivity index (χ3n) is 3.35. The number of benzene rings is 1. The average molecular weight is 281 g/mol. The van der Waals surface area contributed by atoms with Crippen molar-refractivity contribution in [3.63, 3.8) is 0 Å². The van der Waals surface area contributed by atoms with Gasteiger partial charge in [0.2, 0.25) is 0 Å². The summed E-state index contributed by atoms with van der Waals surface area (Å²) in [6.07, 6.45) is 2.03. The zero-order chi connectivity index (χ0) is 14.2. The number of nitrogens with two attached hydrogens (primary N) is 1. The van der Waals surface area contributed by atoms with Gasteiger partial charge < -0.3 is 10.3 Å². The Hall–Kier alpha value is -1.40. The summed E-state index contributed by atoms with van der Waals surface area (Å²) in [5.41, 5.74) is 6.96. The highest BCUT2D eigenvalue weighted by Gasteiger charge is 2.19. The van der Waals surface area contributed by atoms with E-state index in [4.69, 9.17) is 5.73 Å². The minimum absolute atomic E-state index is 0.204. The van der Waals surface area contributed by atoms with Crippen molar-refractivity contribution in [1.29, 1.82) is 0 Å². The number of hydrogen-bond acceptors (Lipinski definition) is 4. The summed E-state index contributed by atoms with van der Waals surface area (Å²) in [7, 11) is -1.36. The van der Waals surface area contributed by atoms with Crippen LogP contribution < -0.4 is 5.73 Å². The fourth-order valence-electron chi connectivity index (χ4n) is 2.33. The van der Waals surface area contributed by atoms with E-state index in [1.54, 1.807) is 12.1 Å². The maximum Gasteiger partial charge on any atom is 0.177 e. The third-order valence-corrected chi connectivity index (χ3v) is 4.48. The second-order valence-electron chi connectivity index (χ2n) is 4.90. The van der Waals surface area contributed by atoms with Crippen LogP contribution in [0.3, 0.4) is 0 Å². The summed E-state index contributed by atoms with van der Waals surface area (Å²) in [5.74, 6) is 1.08. The molecule has 0 aliphatic carbocycles. The lowest BCUT2D eigenvalue weighted by Gasteiger charge is -2.09. The Morgan fingerprint density at radius 3 is 2.68 bits per heavy atom. The van der Waals surface area contributed by atoms with Gasteiger partial charge in [-0.3, -0.25) is 0 Å². The molecule has 0 spiro atoms. The van der Waals surface area contributed by atoms with Gasteiger partial charge in [-0.2, -0.15) is 0 Å². The molecule has 0 aliphatic heterocycles. The maximum absolute atomic E-state index is 11.8. The number of fused-ring (bicyclic) bond motifs is 1. The smallest absolute Gasteiger partial charge is 0.177 e. The van der Waals surface area contributed by atoms with E-state index in [9.17, 15) is 8.42 Å². The van der Waals surface area contributed by atoms with Crippen molar-refractivity contribution in [2.45, 2.75) is 24.2 Å². The van der Waals surface area contributed by atoms with Crippen molar-refractivity contribution in [2.24, 2.45) is 12.8 Å². The molecule has 1 heterocycles. The van der Waals surface area contributed by atoms with Gasteiger partial charge in [-0.1, -0.05) is 13.0 Å². The molecule has 1 atom stereocenters. The summed E-state index contributed by atoms with van der Waals surface area (Å²) in [6.45, 7) is 2.64. The number of aromatic nitrogens is 2. The van der Waals surface area contributed by atoms with Crippen LogP contribution in [0.25, 0.3) is 11.0 Å². The Bertz CT molecular complexity index is 704. The van der Waals surface area contributed by atoms with Crippen LogP contribution in [0.15, 0.2) is 23.1 Å². The maximum atomic E-state index is 11.8. The number of aryl methyl sites for hydroxylation is 1. The van der Waals surface area contributed by atoms with Crippen LogP contribution in [0, 0.1) is 0 Å². The predicted octanol–water partition coefficient (Wildman–Crippen LogP) is 1.43. The zero-order valence-electron chi connectivity index (χ0n) is 11.4. The predicted molar refractivity (Wildman–Crippen MR) is 75.9 cm³/mol. The molecular weight excluding hydrogens is 262 g/mol. The van der Waals surface area contributed by atoms with Crippen molar-refractivity contribution in [2.75, 3.05) is 12.8 Å². The largest absolute Gasteiger partial charge is 0.331 e. The Kier molecular flexibility index (Phi) is 3.64. The van der Waals surface area contributed by atoms with Gasteiger partial charge in [0.05, 0.1) is 10.4 Å². The Balaban J connectivity index is 2.70. The van der Waals surface area contributed by atoms with E-state index in [0.29, 0.717) is 12.1 Å².